The minimum atomic E-state index is -1.01. The molecule has 0 aromatic heterocycles. The highest BCUT2D eigenvalue weighted by Gasteiger charge is 2.50. The Kier molecular flexibility index (Phi) is 5.80. The van der Waals surface area contributed by atoms with Gasteiger partial charge in [-0.1, -0.05) is 48.5 Å². The summed E-state index contributed by atoms with van der Waals surface area (Å²) in [4.78, 5) is 37.9. The second-order valence-electron chi connectivity index (χ2n) is 9.87. The summed E-state index contributed by atoms with van der Waals surface area (Å²) < 4.78 is 5.67. The maximum Gasteiger partial charge on any atom is 0.407 e. The Morgan fingerprint density at radius 2 is 1.65 bits per heavy atom. The molecule has 2 fully saturated rings. The van der Waals surface area contributed by atoms with E-state index in [0.717, 1.165) is 12.8 Å². The van der Waals surface area contributed by atoms with Gasteiger partial charge in [-0.25, -0.2) is 9.59 Å². The maximum absolute atomic E-state index is 12.7. The molecule has 1 unspecified atom stereocenters. The van der Waals surface area contributed by atoms with Crippen molar-refractivity contribution >= 4 is 18.0 Å². The highest BCUT2D eigenvalue weighted by Crippen LogP contribution is 2.50. The van der Waals surface area contributed by atoms with Gasteiger partial charge in [0.2, 0.25) is 5.91 Å². The number of rotatable bonds is 6. The first kappa shape index (κ1) is 22.4. The van der Waals surface area contributed by atoms with Gasteiger partial charge in [0.05, 0.1) is 0 Å². The van der Waals surface area contributed by atoms with Crippen molar-refractivity contribution < 1.29 is 24.2 Å². The van der Waals surface area contributed by atoms with E-state index < -0.39 is 18.1 Å². The zero-order valence-electron chi connectivity index (χ0n) is 19.4. The predicted molar refractivity (Wildman–Crippen MR) is 126 cm³/mol. The largest absolute Gasteiger partial charge is 0.480 e. The lowest BCUT2D eigenvalue weighted by molar-refractivity contribution is -0.149. The van der Waals surface area contributed by atoms with E-state index in [0.29, 0.717) is 12.3 Å². The van der Waals surface area contributed by atoms with E-state index in [1.165, 1.54) is 34.1 Å². The Labute approximate surface area is 199 Å². The second-order valence-corrected chi connectivity index (χ2v) is 9.87. The maximum atomic E-state index is 12.7. The molecule has 2 aromatic rings. The van der Waals surface area contributed by atoms with Crippen LogP contribution >= 0.6 is 0 Å². The van der Waals surface area contributed by atoms with Crippen molar-refractivity contribution in [3.63, 3.8) is 0 Å². The third kappa shape index (κ3) is 3.83. The summed E-state index contributed by atoms with van der Waals surface area (Å²) in [7, 11) is 1.55. The average molecular weight is 463 g/mol. The van der Waals surface area contributed by atoms with Crippen molar-refractivity contribution in [1.82, 2.24) is 10.2 Å². The van der Waals surface area contributed by atoms with Crippen LogP contribution in [0.2, 0.25) is 0 Å². The van der Waals surface area contributed by atoms with Crippen LogP contribution in [0.25, 0.3) is 11.1 Å². The Balaban J connectivity index is 1.15. The number of aliphatic carboxylic acids is 1. The number of nitrogens with one attached hydrogen (secondary N) is 1. The smallest absolute Gasteiger partial charge is 0.407 e. The third-order valence-electron chi connectivity index (χ3n) is 8.11. The molecule has 2 N–H and O–H groups in total. The van der Waals surface area contributed by atoms with E-state index in [1.807, 2.05) is 24.3 Å². The average Bonchev–Trinajstić information content (AvgIpc) is 3.34. The van der Waals surface area contributed by atoms with Crippen LogP contribution in [0.5, 0.6) is 0 Å². The molecule has 2 saturated carbocycles. The summed E-state index contributed by atoms with van der Waals surface area (Å²) in [6.07, 6.45) is 1.84. The molecule has 34 heavy (non-hydrogen) atoms. The number of carboxylic acid groups (broad SMARTS) is 1. The van der Waals surface area contributed by atoms with Crippen LogP contribution in [-0.2, 0) is 14.3 Å². The first-order chi connectivity index (χ1) is 16.3. The number of alkyl carbamates (subject to hydrolysis) is 1. The van der Waals surface area contributed by atoms with Crippen LogP contribution in [-0.4, -0.2) is 53.7 Å². The lowest BCUT2D eigenvalue weighted by atomic mass is 9.71. The minimum absolute atomic E-state index is 0.000605. The molecule has 0 bridgehead atoms. The molecule has 5 rings (SSSR count). The Hall–Kier alpha value is -3.35. The molecule has 7 heteroatoms. The number of fused-ring (bicyclic) bond motifs is 4. The fourth-order valence-corrected chi connectivity index (χ4v) is 6.03. The quantitative estimate of drug-likeness (QED) is 0.679. The van der Waals surface area contributed by atoms with Crippen LogP contribution in [0.3, 0.4) is 0 Å². The molecular formula is C27H30N2O5. The van der Waals surface area contributed by atoms with Crippen LogP contribution < -0.4 is 5.32 Å². The molecular weight excluding hydrogens is 432 g/mol. The Morgan fingerprint density at radius 1 is 1.03 bits per heavy atom. The van der Waals surface area contributed by atoms with Crippen LogP contribution in [0.4, 0.5) is 4.79 Å². The Bertz CT molecular complexity index is 1090. The lowest BCUT2D eigenvalue weighted by Crippen LogP contribution is -2.50. The number of benzene rings is 2. The monoisotopic (exact) mass is 462 g/mol. The van der Waals surface area contributed by atoms with Gasteiger partial charge in [0, 0.05) is 24.9 Å². The van der Waals surface area contributed by atoms with Crippen molar-refractivity contribution in [2.45, 2.75) is 44.2 Å². The number of hydrogen-bond donors (Lipinski definition) is 2. The van der Waals surface area contributed by atoms with E-state index in [2.05, 4.69) is 29.6 Å². The zero-order valence-corrected chi connectivity index (χ0v) is 19.4. The van der Waals surface area contributed by atoms with Gasteiger partial charge in [0.25, 0.3) is 0 Å². The van der Waals surface area contributed by atoms with E-state index >= 15 is 0 Å². The molecule has 5 atom stereocenters. The molecule has 7 nitrogen and oxygen atoms in total. The molecule has 3 aliphatic rings. The minimum Gasteiger partial charge on any atom is -0.480 e. The van der Waals surface area contributed by atoms with E-state index in [4.69, 9.17) is 4.74 Å². The Morgan fingerprint density at radius 3 is 2.26 bits per heavy atom. The molecule has 178 valence electrons. The fraction of sp³-hybridized carbons (Fsp3) is 0.444. The van der Waals surface area contributed by atoms with Gasteiger partial charge in [-0.3, -0.25) is 4.79 Å². The lowest BCUT2D eigenvalue weighted by Gasteiger charge is -2.40. The zero-order chi connectivity index (χ0) is 24.0. The van der Waals surface area contributed by atoms with Crippen molar-refractivity contribution in [1.29, 1.82) is 0 Å². The van der Waals surface area contributed by atoms with Gasteiger partial charge in [-0.05, 0) is 60.3 Å². The summed E-state index contributed by atoms with van der Waals surface area (Å²) in [5.41, 5.74) is 4.74. The fourth-order valence-electron chi connectivity index (χ4n) is 6.03. The number of likely N-dealkylation sites (N-methyl/N-ethyl adjacent to an activating group) is 1. The molecule has 0 aliphatic heterocycles. The number of carboxylic acids is 1. The third-order valence-corrected chi connectivity index (χ3v) is 8.11. The van der Waals surface area contributed by atoms with Gasteiger partial charge in [0.15, 0.2) is 0 Å². The van der Waals surface area contributed by atoms with E-state index in [9.17, 15) is 19.5 Å². The number of hydrogen-bond acceptors (Lipinski definition) is 4. The van der Waals surface area contributed by atoms with E-state index in [-0.39, 0.29) is 36.3 Å². The van der Waals surface area contributed by atoms with Crippen molar-refractivity contribution in [2.24, 2.45) is 17.8 Å². The molecule has 3 aliphatic carbocycles. The summed E-state index contributed by atoms with van der Waals surface area (Å²) in [6.45, 7) is 1.80. The summed E-state index contributed by atoms with van der Waals surface area (Å²) in [5.74, 6) is -0.663. The van der Waals surface area contributed by atoms with Gasteiger partial charge >= 0.3 is 12.1 Å². The topological polar surface area (TPSA) is 95.9 Å². The number of carbonyl (C=O) groups is 3. The summed E-state index contributed by atoms with van der Waals surface area (Å²) >= 11 is 0. The number of ether oxygens (including phenoxy) is 1. The van der Waals surface area contributed by atoms with Crippen molar-refractivity contribution in [3.8, 4) is 11.1 Å². The SMILES string of the molecule is C[C@@H](C(=O)O)N(C)C(=O)C1C[C@H]2C[C@@H](NC(=O)OCC3c4ccccc4-c4ccccc43)[C@H]2C1. The summed E-state index contributed by atoms with van der Waals surface area (Å²) in [6, 6.07) is 15.6. The highest BCUT2D eigenvalue weighted by atomic mass is 16.5. The van der Waals surface area contributed by atoms with Crippen molar-refractivity contribution in [3.05, 3.63) is 59.7 Å². The summed E-state index contributed by atoms with van der Waals surface area (Å²) in [5, 5.41) is 12.2. The number of nitrogens with zero attached hydrogens (tertiary/aromatic N) is 1. The van der Waals surface area contributed by atoms with Crippen LogP contribution in [0.1, 0.15) is 43.2 Å². The number of amides is 2. The first-order valence-electron chi connectivity index (χ1n) is 12.0. The molecule has 2 aromatic carbocycles. The van der Waals surface area contributed by atoms with E-state index in [1.54, 1.807) is 7.05 Å². The number of carbonyl (C=O) groups excluding carboxylic acids is 2. The van der Waals surface area contributed by atoms with Gasteiger partial charge in [0.1, 0.15) is 12.6 Å². The molecule has 2 amide bonds. The van der Waals surface area contributed by atoms with Gasteiger partial charge in [-0.2, -0.15) is 0 Å². The standard InChI is InChI=1S/C27H30N2O5/c1-15(26(31)32)29(2)25(30)17-11-16-13-24(22(16)12-17)28-27(33)34-14-23-20-9-5-3-7-18(20)19-8-4-6-10-21(19)23/h3-10,15-17,22-24H,11-14H2,1-2H3,(H,28,33)(H,31,32)/t15-,16-,17?,22-,24+/m0/s1. The van der Waals surface area contributed by atoms with Crippen LogP contribution in [0, 0.1) is 17.8 Å². The first-order valence-corrected chi connectivity index (χ1v) is 12.0. The highest BCUT2D eigenvalue weighted by molar-refractivity contribution is 5.85. The normalized spacial score (nSPS) is 25.4. The van der Waals surface area contributed by atoms with Gasteiger partial charge < -0.3 is 20.1 Å². The molecule has 0 radical (unpaired) electrons. The molecule has 0 saturated heterocycles. The second kappa shape index (κ2) is 8.78. The molecule has 0 heterocycles. The molecule has 0 spiro atoms. The van der Waals surface area contributed by atoms with Gasteiger partial charge in [-0.15, -0.1) is 0 Å². The van der Waals surface area contributed by atoms with Crippen LogP contribution in [0.15, 0.2) is 48.5 Å². The predicted octanol–water partition coefficient (Wildman–Crippen LogP) is 3.87. The van der Waals surface area contributed by atoms with Crippen molar-refractivity contribution in [2.75, 3.05) is 13.7 Å².